The maximum Gasteiger partial charge on any atom is 0.238 e. The van der Waals surface area contributed by atoms with Crippen LogP contribution in [0, 0.1) is 0 Å². The van der Waals surface area contributed by atoms with E-state index in [0.29, 0.717) is 19.5 Å². The molecule has 0 aliphatic carbocycles. The van der Waals surface area contributed by atoms with Crippen molar-refractivity contribution in [2.24, 2.45) is 0 Å². The predicted octanol–water partition coefficient (Wildman–Crippen LogP) is 1.58. The molecule has 1 heterocycles. The minimum atomic E-state index is -3.46. The molecule has 1 atom stereocenters. The highest BCUT2D eigenvalue weighted by atomic mass is 32.2. The van der Waals surface area contributed by atoms with Crippen molar-refractivity contribution in [1.29, 1.82) is 0 Å². The van der Waals surface area contributed by atoms with Gasteiger partial charge in [-0.2, -0.15) is 0 Å². The Morgan fingerprint density at radius 3 is 2.67 bits per heavy atom. The number of nitrogens with zero attached hydrogens (tertiary/aromatic N) is 1. The van der Waals surface area contributed by atoms with Gasteiger partial charge in [-0.05, 0) is 31.2 Å². The maximum atomic E-state index is 12.9. The summed E-state index contributed by atoms with van der Waals surface area (Å²) in [7, 11) is -3.46. The molecule has 1 aromatic rings. The fourth-order valence-corrected chi connectivity index (χ4v) is 4.24. The third-order valence-electron chi connectivity index (χ3n) is 4.57. The van der Waals surface area contributed by atoms with E-state index in [-0.39, 0.29) is 30.5 Å². The highest BCUT2D eigenvalue weighted by Gasteiger charge is 2.28. The van der Waals surface area contributed by atoms with Crippen molar-refractivity contribution < 1.29 is 18.0 Å². The van der Waals surface area contributed by atoms with Gasteiger partial charge in [-0.1, -0.05) is 37.3 Å². The minimum absolute atomic E-state index is 0.00913. The number of hydrogen-bond donors (Lipinski definition) is 2. The molecule has 1 fully saturated rings. The number of nitrogens with one attached hydrogen (secondary N) is 2. The average molecular weight is 396 g/mol. The molecule has 8 heteroatoms. The first kappa shape index (κ1) is 21.4. The summed E-state index contributed by atoms with van der Waals surface area (Å²) in [4.78, 5) is 26.8. The monoisotopic (exact) mass is 395 g/mol. The Morgan fingerprint density at radius 1 is 1.22 bits per heavy atom. The Kier molecular flexibility index (Phi) is 8.24. The summed E-state index contributed by atoms with van der Waals surface area (Å²) in [5, 5.41) is 2.90. The Morgan fingerprint density at radius 2 is 1.96 bits per heavy atom. The molecule has 2 amide bonds. The Hall–Kier alpha value is -1.93. The fraction of sp³-hybridized carbons (Fsp3) is 0.579. The zero-order valence-corrected chi connectivity index (χ0v) is 16.6. The summed E-state index contributed by atoms with van der Waals surface area (Å²) in [6.07, 6.45) is 3.23. The molecular formula is C19H29N3O4S. The largest absolute Gasteiger partial charge is 0.356 e. The lowest BCUT2D eigenvalue weighted by atomic mass is 10.00. The molecule has 1 aliphatic rings. The van der Waals surface area contributed by atoms with Crippen LogP contribution in [0.4, 0.5) is 0 Å². The standard InChI is InChI=1S/C19H29N3O4S/c1-2-13-27(25,26)21-15-19(24)22-12-8-4-7-11-20-18(23)14-17(22)16-9-5-3-6-10-16/h3,5-6,9-10,17,21H,2,4,7-8,11-15H2,1H3,(H,20,23)/t17-/m0/s1. The second-order valence-electron chi connectivity index (χ2n) is 6.77. The molecule has 2 rings (SSSR count). The Bertz CT molecular complexity index is 722. The summed E-state index contributed by atoms with van der Waals surface area (Å²) in [6.45, 7) is 2.63. The Labute approximate surface area is 161 Å². The molecular weight excluding hydrogens is 366 g/mol. The number of hydrogen-bond acceptors (Lipinski definition) is 4. The number of carbonyl (C=O) groups is 2. The second-order valence-corrected chi connectivity index (χ2v) is 8.69. The first-order valence-corrected chi connectivity index (χ1v) is 11.2. The highest BCUT2D eigenvalue weighted by molar-refractivity contribution is 7.89. The first-order valence-electron chi connectivity index (χ1n) is 9.51. The lowest BCUT2D eigenvalue weighted by Gasteiger charge is -2.33. The predicted molar refractivity (Wildman–Crippen MR) is 104 cm³/mol. The molecule has 0 aromatic heterocycles. The van der Waals surface area contributed by atoms with Crippen molar-refractivity contribution >= 4 is 21.8 Å². The van der Waals surface area contributed by atoms with Gasteiger partial charge in [0, 0.05) is 13.1 Å². The molecule has 1 aliphatic heterocycles. The van der Waals surface area contributed by atoms with Crippen LogP contribution in [0.3, 0.4) is 0 Å². The van der Waals surface area contributed by atoms with Gasteiger partial charge in [0.15, 0.2) is 0 Å². The topological polar surface area (TPSA) is 95.6 Å². The molecule has 0 bridgehead atoms. The molecule has 1 saturated heterocycles. The quantitative estimate of drug-likeness (QED) is 0.764. The second kappa shape index (κ2) is 10.4. The van der Waals surface area contributed by atoms with E-state index in [1.807, 2.05) is 30.3 Å². The van der Waals surface area contributed by atoms with Crippen molar-refractivity contribution in [3.05, 3.63) is 35.9 Å². The van der Waals surface area contributed by atoms with E-state index < -0.39 is 16.1 Å². The number of sulfonamides is 1. The summed E-state index contributed by atoms with van der Waals surface area (Å²) in [5.74, 6) is -0.419. The van der Waals surface area contributed by atoms with E-state index >= 15 is 0 Å². The molecule has 150 valence electrons. The number of benzene rings is 1. The fourth-order valence-electron chi connectivity index (χ4n) is 3.21. The maximum absolute atomic E-state index is 12.9. The lowest BCUT2D eigenvalue weighted by molar-refractivity contribution is -0.134. The molecule has 27 heavy (non-hydrogen) atoms. The van der Waals surface area contributed by atoms with Gasteiger partial charge in [0.1, 0.15) is 0 Å². The van der Waals surface area contributed by atoms with Crippen molar-refractivity contribution in [3.8, 4) is 0 Å². The van der Waals surface area contributed by atoms with Crippen molar-refractivity contribution in [3.63, 3.8) is 0 Å². The molecule has 2 N–H and O–H groups in total. The zero-order valence-electron chi connectivity index (χ0n) is 15.8. The van der Waals surface area contributed by atoms with Gasteiger partial charge < -0.3 is 10.2 Å². The van der Waals surface area contributed by atoms with E-state index in [1.54, 1.807) is 11.8 Å². The Balaban J connectivity index is 2.21. The van der Waals surface area contributed by atoms with Gasteiger partial charge in [-0.15, -0.1) is 0 Å². The van der Waals surface area contributed by atoms with Gasteiger partial charge in [0.2, 0.25) is 21.8 Å². The van der Waals surface area contributed by atoms with Crippen LogP contribution in [0.25, 0.3) is 0 Å². The third-order valence-corrected chi connectivity index (χ3v) is 6.10. The van der Waals surface area contributed by atoms with E-state index in [0.717, 1.165) is 24.8 Å². The van der Waals surface area contributed by atoms with Gasteiger partial charge >= 0.3 is 0 Å². The van der Waals surface area contributed by atoms with E-state index in [9.17, 15) is 18.0 Å². The summed E-state index contributed by atoms with van der Waals surface area (Å²) in [6, 6.07) is 9.01. The molecule has 0 unspecified atom stereocenters. The van der Waals surface area contributed by atoms with Gasteiger partial charge in [0.05, 0.1) is 24.8 Å². The highest BCUT2D eigenvalue weighted by Crippen LogP contribution is 2.25. The molecule has 0 radical (unpaired) electrons. The van der Waals surface area contributed by atoms with E-state index in [4.69, 9.17) is 0 Å². The van der Waals surface area contributed by atoms with Gasteiger partial charge in [0.25, 0.3) is 0 Å². The summed E-state index contributed by atoms with van der Waals surface area (Å²) < 4.78 is 26.2. The SMILES string of the molecule is CCCS(=O)(=O)NCC(=O)N1CCCCCNC(=O)C[C@H]1c1ccccc1. The number of carbonyl (C=O) groups excluding carboxylic acids is 2. The van der Waals surface area contributed by atoms with Crippen LogP contribution >= 0.6 is 0 Å². The summed E-state index contributed by atoms with van der Waals surface area (Å²) in [5.41, 5.74) is 0.873. The normalized spacial score (nSPS) is 19.4. The van der Waals surface area contributed by atoms with E-state index in [2.05, 4.69) is 10.0 Å². The average Bonchev–Trinajstić information content (AvgIpc) is 2.65. The van der Waals surface area contributed by atoms with Crippen LogP contribution in [0.1, 0.15) is 50.6 Å². The van der Waals surface area contributed by atoms with Crippen LogP contribution in [0.5, 0.6) is 0 Å². The van der Waals surface area contributed by atoms with Crippen LogP contribution in [-0.4, -0.2) is 50.5 Å². The van der Waals surface area contributed by atoms with E-state index in [1.165, 1.54) is 0 Å². The van der Waals surface area contributed by atoms with Crippen molar-refractivity contribution in [2.75, 3.05) is 25.4 Å². The zero-order chi connectivity index (χ0) is 19.7. The molecule has 0 saturated carbocycles. The van der Waals surface area contributed by atoms with Crippen molar-refractivity contribution in [2.45, 2.75) is 45.1 Å². The lowest BCUT2D eigenvalue weighted by Crippen LogP contribution is -2.44. The van der Waals surface area contributed by atoms with Crippen molar-refractivity contribution in [1.82, 2.24) is 14.9 Å². The smallest absolute Gasteiger partial charge is 0.238 e. The van der Waals surface area contributed by atoms with Crippen LogP contribution in [-0.2, 0) is 19.6 Å². The first-order chi connectivity index (χ1) is 12.9. The van der Waals surface area contributed by atoms with Crippen LogP contribution in [0.2, 0.25) is 0 Å². The molecule has 0 spiro atoms. The van der Waals surface area contributed by atoms with Crippen LogP contribution < -0.4 is 10.0 Å². The number of amides is 2. The van der Waals surface area contributed by atoms with Gasteiger partial charge in [-0.3, -0.25) is 9.59 Å². The third kappa shape index (κ3) is 6.95. The molecule has 1 aromatic carbocycles. The summed E-state index contributed by atoms with van der Waals surface area (Å²) >= 11 is 0. The number of rotatable bonds is 6. The van der Waals surface area contributed by atoms with Crippen LogP contribution in [0.15, 0.2) is 30.3 Å². The molecule has 7 nitrogen and oxygen atoms in total. The van der Waals surface area contributed by atoms with Gasteiger partial charge in [-0.25, -0.2) is 13.1 Å². The minimum Gasteiger partial charge on any atom is -0.356 e.